The second kappa shape index (κ2) is 22.6. The number of rotatable bonds is 23. The average Bonchev–Trinajstić information content (AvgIpc) is 3.32. The summed E-state index contributed by atoms with van der Waals surface area (Å²) in [6.07, 6.45) is 24.7. The normalized spacial score (nSPS) is 13.2. The Hall–Kier alpha value is -1.99. The van der Waals surface area contributed by atoms with E-state index in [2.05, 4.69) is 77.9 Å². The zero-order chi connectivity index (χ0) is 32.4. The number of allylic oxidation sites excluding steroid dienone is 2. The quantitative estimate of drug-likeness (QED) is 0.0639. The molecule has 0 aliphatic carbocycles. The first-order valence-electron chi connectivity index (χ1n) is 19.2. The number of benzene rings is 2. The minimum Gasteiger partial charge on any atom is -0.493 e. The predicted octanol–water partition coefficient (Wildman–Crippen LogP) is 13.8. The van der Waals surface area contributed by atoms with Crippen molar-refractivity contribution < 1.29 is 21.2 Å². The molecule has 0 spiro atoms. The van der Waals surface area contributed by atoms with Crippen molar-refractivity contribution in [2.24, 2.45) is 0 Å². The van der Waals surface area contributed by atoms with E-state index >= 15 is 0 Å². The van der Waals surface area contributed by atoms with Crippen LogP contribution in [0, 0.1) is 0 Å². The van der Waals surface area contributed by atoms with E-state index in [1.807, 2.05) is 0 Å². The number of hydrogen-bond donors (Lipinski definition) is 0. The largest absolute Gasteiger partial charge is 0.493 e. The summed E-state index contributed by atoms with van der Waals surface area (Å²) in [5.41, 5.74) is 25.5. The molecule has 0 amide bonds. The van der Waals surface area contributed by atoms with Gasteiger partial charge in [0.15, 0.2) is 0 Å². The van der Waals surface area contributed by atoms with Crippen molar-refractivity contribution in [1.82, 2.24) is 0 Å². The van der Waals surface area contributed by atoms with Gasteiger partial charge in [-0.1, -0.05) is 111 Å². The Morgan fingerprint density at radius 3 is 1.02 bits per heavy atom. The summed E-state index contributed by atoms with van der Waals surface area (Å²) >= 11 is 0. The van der Waals surface area contributed by atoms with E-state index in [4.69, 9.17) is 0 Å². The Balaban J connectivity index is 0.00000736. The molecule has 0 radical (unpaired) electrons. The summed E-state index contributed by atoms with van der Waals surface area (Å²) in [7, 11) is 0. The first-order valence-corrected chi connectivity index (χ1v) is 19.2. The molecule has 46 heavy (non-hydrogen) atoms. The fraction of sp³-hybridized carbons (Fsp3) is 0.628. The van der Waals surface area contributed by atoms with Crippen LogP contribution in [0.2, 0.25) is 0 Å². The summed E-state index contributed by atoms with van der Waals surface area (Å²) in [4.78, 5) is 0. The third-order valence-corrected chi connectivity index (χ3v) is 9.60. The zero-order valence-corrected chi connectivity index (χ0v) is 31.5. The van der Waals surface area contributed by atoms with Crippen molar-refractivity contribution in [2.75, 3.05) is 0 Å². The molecule has 3 rings (SSSR count). The third-order valence-electron chi connectivity index (χ3n) is 9.60. The molecule has 0 aromatic heterocycles. The second-order valence-electron chi connectivity index (χ2n) is 13.7. The SMILES string of the molecule is CCCCCC1=C(c2cc(CCCC)cc(CCCCC)c2)[N+](=[N-])C(c2cc(CCCC)cc(CCCCC)c2)=C1CCCC.[Ni]. The molecule has 1 heterocycles. The van der Waals surface area contributed by atoms with E-state index in [0.717, 1.165) is 62.8 Å². The van der Waals surface area contributed by atoms with Crippen molar-refractivity contribution >= 4 is 11.4 Å². The van der Waals surface area contributed by atoms with Gasteiger partial charge in [0.2, 0.25) is 11.4 Å². The zero-order valence-electron chi connectivity index (χ0n) is 30.5. The Kier molecular flexibility index (Phi) is 19.7. The van der Waals surface area contributed by atoms with E-state index in [1.54, 1.807) is 4.70 Å². The standard InChI is InChI=1S/C43H66N2.Ni/c1-7-13-19-24-36-28-34(22-16-10-4)30-38(32-36)42-40(26-18-12-6)41(27-21-15-9-3)43(45(42)44)39-31-35(23-17-11-5)29-37(33-39)25-20-14-8-2;/h28-33H,7-27H2,1-6H3;. The fourth-order valence-corrected chi connectivity index (χ4v) is 6.99. The molecule has 0 saturated carbocycles. The molecular formula is C43H66N2Ni. The van der Waals surface area contributed by atoms with Gasteiger partial charge < -0.3 is 5.53 Å². The molecular weight excluding hydrogens is 603 g/mol. The van der Waals surface area contributed by atoms with Crippen molar-refractivity contribution in [1.29, 1.82) is 0 Å². The fourth-order valence-electron chi connectivity index (χ4n) is 6.99. The van der Waals surface area contributed by atoms with Crippen LogP contribution < -0.4 is 0 Å². The van der Waals surface area contributed by atoms with Crippen LogP contribution in [0.15, 0.2) is 47.5 Å². The summed E-state index contributed by atoms with van der Waals surface area (Å²) in [6, 6.07) is 14.5. The number of hydrogen-bond acceptors (Lipinski definition) is 0. The van der Waals surface area contributed by atoms with Gasteiger partial charge in [-0.2, -0.15) is 0 Å². The van der Waals surface area contributed by atoms with Gasteiger partial charge in [0.05, 0.1) is 0 Å². The van der Waals surface area contributed by atoms with Crippen LogP contribution in [-0.4, -0.2) is 4.70 Å². The van der Waals surface area contributed by atoms with Gasteiger partial charge in [0.25, 0.3) is 0 Å². The second-order valence-corrected chi connectivity index (χ2v) is 13.7. The monoisotopic (exact) mass is 668 g/mol. The van der Waals surface area contributed by atoms with Gasteiger partial charge in [0.1, 0.15) is 0 Å². The van der Waals surface area contributed by atoms with Gasteiger partial charge in [-0.25, -0.2) is 4.70 Å². The topological polar surface area (TPSA) is 25.3 Å². The van der Waals surface area contributed by atoms with Gasteiger partial charge in [0, 0.05) is 38.8 Å². The summed E-state index contributed by atoms with van der Waals surface area (Å²) < 4.78 is 1.65. The van der Waals surface area contributed by atoms with E-state index in [9.17, 15) is 5.53 Å². The average molecular weight is 670 g/mol. The molecule has 2 nitrogen and oxygen atoms in total. The molecule has 0 unspecified atom stereocenters. The van der Waals surface area contributed by atoms with Crippen LogP contribution >= 0.6 is 0 Å². The molecule has 2 aromatic rings. The molecule has 1 aliphatic rings. The smallest absolute Gasteiger partial charge is 0.211 e. The molecule has 0 N–H and O–H groups in total. The van der Waals surface area contributed by atoms with Gasteiger partial charge >= 0.3 is 0 Å². The van der Waals surface area contributed by atoms with Gasteiger partial charge in [-0.15, -0.1) is 0 Å². The van der Waals surface area contributed by atoms with Gasteiger partial charge in [-0.3, -0.25) is 0 Å². The van der Waals surface area contributed by atoms with Crippen LogP contribution in [0.4, 0.5) is 0 Å². The summed E-state index contributed by atoms with van der Waals surface area (Å²) in [5, 5.41) is 0. The van der Waals surface area contributed by atoms with Crippen LogP contribution in [0.5, 0.6) is 0 Å². The number of aryl methyl sites for hydroxylation is 4. The minimum atomic E-state index is 0. The number of nitrogens with zero attached hydrogens (tertiary/aromatic N) is 2. The summed E-state index contributed by atoms with van der Waals surface area (Å²) in [6.45, 7) is 13.7. The molecule has 258 valence electrons. The van der Waals surface area contributed by atoms with E-state index in [-0.39, 0.29) is 16.5 Å². The first kappa shape index (κ1) is 40.2. The molecule has 0 bridgehead atoms. The molecule has 2 aromatic carbocycles. The van der Waals surface area contributed by atoms with E-state index in [0.29, 0.717) is 0 Å². The van der Waals surface area contributed by atoms with E-state index < -0.39 is 0 Å². The molecule has 0 fully saturated rings. The maximum atomic E-state index is 12.4. The van der Waals surface area contributed by atoms with Crippen molar-refractivity contribution in [2.45, 2.75) is 176 Å². The third kappa shape index (κ3) is 11.9. The van der Waals surface area contributed by atoms with Crippen molar-refractivity contribution in [3.63, 3.8) is 0 Å². The van der Waals surface area contributed by atoms with Crippen LogP contribution in [0.25, 0.3) is 16.9 Å². The Morgan fingerprint density at radius 2 is 0.674 bits per heavy atom. The van der Waals surface area contributed by atoms with Gasteiger partial charge in [-0.05, 0) is 124 Å². The van der Waals surface area contributed by atoms with Crippen molar-refractivity contribution in [3.05, 3.63) is 86.5 Å². The minimum absolute atomic E-state index is 0. The number of unbranched alkanes of at least 4 members (excludes halogenated alkanes) is 9. The molecule has 1 aliphatic heterocycles. The molecule has 0 atom stereocenters. The first-order chi connectivity index (χ1) is 22.0. The summed E-state index contributed by atoms with van der Waals surface area (Å²) in [5.74, 6) is 0. The Morgan fingerprint density at radius 1 is 0.391 bits per heavy atom. The maximum Gasteiger partial charge on any atom is 0.211 e. The van der Waals surface area contributed by atoms with Crippen molar-refractivity contribution in [3.8, 4) is 0 Å². The van der Waals surface area contributed by atoms with Crippen LogP contribution in [-0.2, 0) is 42.2 Å². The Labute approximate surface area is 294 Å². The molecule has 0 saturated heterocycles. The van der Waals surface area contributed by atoms with E-state index in [1.165, 1.54) is 128 Å². The molecule has 3 heteroatoms. The van der Waals surface area contributed by atoms with Crippen LogP contribution in [0.3, 0.4) is 0 Å². The van der Waals surface area contributed by atoms with Crippen LogP contribution in [0.1, 0.15) is 184 Å². The Bertz CT molecular complexity index is 1270. The maximum absolute atomic E-state index is 12.4. The predicted molar refractivity (Wildman–Crippen MR) is 198 cm³/mol.